The van der Waals surface area contributed by atoms with Crippen molar-refractivity contribution in [2.45, 2.75) is 19.4 Å². The van der Waals surface area contributed by atoms with E-state index in [1.807, 2.05) is 36.4 Å². The van der Waals surface area contributed by atoms with Gasteiger partial charge in [0.05, 0.1) is 11.6 Å². The number of nitrogens with one attached hydrogen (secondary N) is 1. The number of hydrogen-bond donors (Lipinski definition) is 1. The highest BCUT2D eigenvalue weighted by Gasteiger charge is 2.26. The molecule has 1 saturated heterocycles. The summed E-state index contributed by atoms with van der Waals surface area (Å²) in [5.74, 6) is 1.02. The first kappa shape index (κ1) is 21.9. The van der Waals surface area contributed by atoms with Crippen molar-refractivity contribution in [2.75, 3.05) is 18.4 Å². The Morgan fingerprint density at radius 1 is 1.03 bits per heavy atom. The zero-order valence-electron chi connectivity index (χ0n) is 17.8. The summed E-state index contributed by atoms with van der Waals surface area (Å²) < 4.78 is 5.42. The summed E-state index contributed by atoms with van der Waals surface area (Å²) in [5.41, 5.74) is 1.51. The zero-order chi connectivity index (χ0) is 22.8. The highest BCUT2D eigenvalue weighted by Crippen LogP contribution is 2.29. The molecule has 0 radical (unpaired) electrons. The predicted molar refractivity (Wildman–Crippen MR) is 130 cm³/mol. The zero-order valence-corrected chi connectivity index (χ0v) is 19.3. The van der Waals surface area contributed by atoms with E-state index in [4.69, 9.17) is 27.7 Å². The van der Waals surface area contributed by atoms with Crippen LogP contribution in [0.25, 0.3) is 22.2 Å². The van der Waals surface area contributed by atoms with Gasteiger partial charge in [-0.1, -0.05) is 58.7 Å². The summed E-state index contributed by atoms with van der Waals surface area (Å²) in [7, 11) is 0. The average molecular weight is 481 g/mol. The van der Waals surface area contributed by atoms with E-state index in [0.717, 1.165) is 42.4 Å². The van der Waals surface area contributed by atoms with Crippen molar-refractivity contribution in [3.8, 4) is 11.4 Å². The number of aromatic nitrogens is 2. The van der Waals surface area contributed by atoms with Gasteiger partial charge < -0.3 is 9.84 Å². The number of carbonyl (C=O) groups excluding carboxylic acids is 1. The van der Waals surface area contributed by atoms with Crippen LogP contribution >= 0.6 is 23.2 Å². The summed E-state index contributed by atoms with van der Waals surface area (Å²) in [6, 6.07) is 19.3. The van der Waals surface area contributed by atoms with Gasteiger partial charge >= 0.3 is 0 Å². The van der Waals surface area contributed by atoms with E-state index in [0.29, 0.717) is 33.9 Å². The van der Waals surface area contributed by atoms with Crippen molar-refractivity contribution in [3.05, 3.63) is 76.6 Å². The van der Waals surface area contributed by atoms with Crippen LogP contribution in [0.5, 0.6) is 0 Å². The number of hydrogen-bond acceptors (Lipinski definition) is 5. The second-order valence-electron chi connectivity index (χ2n) is 8.24. The van der Waals surface area contributed by atoms with Gasteiger partial charge in [0.25, 0.3) is 0 Å². The second-order valence-corrected chi connectivity index (χ2v) is 9.08. The van der Waals surface area contributed by atoms with Crippen LogP contribution in [-0.4, -0.2) is 34.0 Å². The lowest BCUT2D eigenvalue weighted by atomic mass is 9.95. The maximum absolute atomic E-state index is 12.8. The monoisotopic (exact) mass is 480 g/mol. The quantitative estimate of drug-likeness (QED) is 0.376. The van der Waals surface area contributed by atoms with E-state index in [9.17, 15) is 4.79 Å². The van der Waals surface area contributed by atoms with Crippen molar-refractivity contribution in [1.29, 1.82) is 0 Å². The maximum Gasteiger partial charge on any atom is 0.241 e. The summed E-state index contributed by atoms with van der Waals surface area (Å²) in [5, 5.41) is 10.4. The van der Waals surface area contributed by atoms with Gasteiger partial charge in [0, 0.05) is 22.2 Å². The average Bonchev–Trinajstić information content (AvgIpc) is 3.27. The molecule has 8 heteroatoms. The number of likely N-dealkylation sites (tertiary alicyclic amines) is 1. The summed E-state index contributed by atoms with van der Waals surface area (Å²) in [6.45, 7) is 2.11. The van der Waals surface area contributed by atoms with Crippen molar-refractivity contribution in [3.63, 3.8) is 0 Å². The third-order valence-corrected chi connectivity index (χ3v) is 6.52. The number of carbonyl (C=O) groups is 1. The minimum absolute atomic E-state index is 0.0150. The first-order valence-electron chi connectivity index (χ1n) is 10.9. The SMILES string of the molecule is O=C(Nc1ccc2ccccc2c1)C1CCN(Cc2nc(-c3ccc(Cl)cc3Cl)no2)CC1. The number of nitrogens with zero attached hydrogens (tertiary/aromatic N) is 3. The molecule has 1 aliphatic rings. The van der Waals surface area contributed by atoms with Crippen molar-refractivity contribution >= 4 is 45.6 Å². The van der Waals surface area contributed by atoms with Gasteiger partial charge in [0.1, 0.15) is 0 Å². The molecule has 2 heterocycles. The minimum atomic E-state index is -0.0150. The lowest BCUT2D eigenvalue weighted by molar-refractivity contribution is -0.121. The molecule has 1 fully saturated rings. The fraction of sp³-hybridized carbons (Fsp3) is 0.240. The Morgan fingerprint density at radius 2 is 1.82 bits per heavy atom. The van der Waals surface area contributed by atoms with Gasteiger partial charge in [-0.15, -0.1) is 0 Å². The van der Waals surface area contributed by atoms with Crippen LogP contribution < -0.4 is 5.32 Å². The van der Waals surface area contributed by atoms with E-state index >= 15 is 0 Å². The number of rotatable bonds is 5. The van der Waals surface area contributed by atoms with Gasteiger partial charge in [-0.2, -0.15) is 4.98 Å². The fourth-order valence-corrected chi connectivity index (χ4v) is 4.65. The van der Waals surface area contributed by atoms with Crippen LogP contribution in [-0.2, 0) is 11.3 Å². The highest BCUT2D eigenvalue weighted by atomic mass is 35.5. The van der Waals surface area contributed by atoms with Crippen LogP contribution in [0, 0.1) is 5.92 Å². The first-order chi connectivity index (χ1) is 16.0. The smallest absolute Gasteiger partial charge is 0.241 e. The predicted octanol–water partition coefficient (Wildman–Crippen LogP) is 6.05. The Labute approximate surface area is 201 Å². The third kappa shape index (κ3) is 5.03. The molecule has 3 aromatic carbocycles. The van der Waals surface area contributed by atoms with Crippen LogP contribution in [0.2, 0.25) is 10.0 Å². The molecular weight excluding hydrogens is 459 g/mol. The van der Waals surface area contributed by atoms with E-state index in [1.54, 1.807) is 18.2 Å². The summed E-state index contributed by atoms with van der Waals surface area (Å²) in [6.07, 6.45) is 1.56. The van der Waals surface area contributed by atoms with Crippen molar-refractivity contribution in [1.82, 2.24) is 15.0 Å². The largest absolute Gasteiger partial charge is 0.338 e. The highest BCUT2D eigenvalue weighted by molar-refractivity contribution is 6.36. The second kappa shape index (κ2) is 9.51. The molecule has 1 N–H and O–H groups in total. The summed E-state index contributed by atoms with van der Waals surface area (Å²) in [4.78, 5) is 19.5. The number of fused-ring (bicyclic) bond motifs is 1. The molecule has 0 bridgehead atoms. The molecule has 1 amide bonds. The van der Waals surface area contributed by atoms with E-state index in [2.05, 4.69) is 26.4 Å². The number of amides is 1. The van der Waals surface area contributed by atoms with Crippen LogP contribution in [0.1, 0.15) is 18.7 Å². The number of benzene rings is 3. The molecule has 33 heavy (non-hydrogen) atoms. The lowest BCUT2D eigenvalue weighted by Gasteiger charge is -2.30. The Morgan fingerprint density at radius 3 is 2.61 bits per heavy atom. The van der Waals surface area contributed by atoms with Crippen LogP contribution in [0.15, 0.2) is 65.2 Å². The number of halogens is 2. The minimum Gasteiger partial charge on any atom is -0.338 e. The standard InChI is InChI=1S/C25H22Cl2N4O2/c26-19-6-8-21(22(27)14-19)24-29-23(33-30-24)15-31-11-9-17(10-12-31)25(32)28-20-7-5-16-3-1-2-4-18(16)13-20/h1-8,13-14,17H,9-12,15H2,(H,28,32). The molecule has 5 rings (SSSR count). The molecule has 6 nitrogen and oxygen atoms in total. The Bertz CT molecular complexity index is 1300. The molecule has 0 saturated carbocycles. The topological polar surface area (TPSA) is 71.3 Å². The van der Waals surface area contributed by atoms with E-state index < -0.39 is 0 Å². The van der Waals surface area contributed by atoms with Crippen LogP contribution in [0.4, 0.5) is 5.69 Å². The van der Waals surface area contributed by atoms with Gasteiger partial charge in [0.15, 0.2) is 0 Å². The van der Waals surface area contributed by atoms with Crippen molar-refractivity contribution in [2.24, 2.45) is 5.92 Å². The molecule has 168 valence electrons. The molecule has 0 aliphatic carbocycles. The van der Waals surface area contributed by atoms with E-state index in [-0.39, 0.29) is 11.8 Å². The number of anilines is 1. The molecular formula is C25H22Cl2N4O2. The van der Waals surface area contributed by atoms with Crippen LogP contribution in [0.3, 0.4) is 0 Å². The normalized spacial score (nSPS) is 15.1. The Balaban J connectivity index is 1.15. The van der Waals surface area contributed by atoms with Gasteiger partial charge in [-0.25, -0.2) is 0 Å². The first-order valence-corrected chi connectivity index (χ1v) is 11.6. The molecule has 0 unspecified atom stereocenters. The Kier molecular flexibility index (Phi) is 6.31. The molecule has 4 aromatic rings. The van der Waals surface area contributed by atoms with Gasteiger partial charge in [0.2, 0.25) is 17.6 Å². The van der Waals surface area contributed by atoms with Crippen molar-refractivity contribution < 1.29 is 9.32 Å². The molecule has 1 aromatic heterocycles. The fourth-order valence-electron chi connectivity index (χ4n) is 4.16. The maximum atomic E-state index is 12.8. The lowest BCUT2D eigenvalue weighted by Crippen LogP contribution is -2.37. The molecule has 0 spiro atoms. The Hall–Kier alpha value is -2.93. The van der Waals surface area contributed by atoms with Gasteiger partial charge in [-0.3, -0.25) is 9.69 Å². The number of piperidine rings is 1. The third-order valence-electron chi connectivity index (χ3n) is 5.97. The molecule has 1 aliphatic heterocycles. The summed E-state index contributed by atoms with van der Waals surface area (Å²) >= 11 is 12.2. The van der Waals surface area contributed by atoms with Gasteiger partial charge in [-0.05, 0) is 67.0 Å². The van der Waals surface area contributed by atoms with E-state index in [1.165, 1.54) is 0 Å². The molecule has 0 atom stereocenters.